The maximum Gasteiger partial charge on any atom is 0.262 e. The van der Waals surface area contributed by atoms with Crippen LogP contribution in [0, 0.1) is 0 Å². The minimum atomic E-state index is -0.318. The number of fused-ring (bicyclic) bond motifs is 1. The molecular weight excluding hydrogens is 446 g/mol. The predicted molar refractivity (Wildman–Crippen MR) is 141 cm³/mol. The SMILES string of the molecule is CC(=NOCCN(C)C)c1ccnc(Nc2cc3ccn(CCO)c(=O)c3c(NC(C)(C)C)n2)c1. The summed E-state index contributed by atoms with van der Waals surface area (Å²) in [6, 6.07) is 7.39. The van der Waals surface area contributed by atoms with Crippen LogP contribution in [0.1, 0.15) is 33.3 Å². The second-order valence-corrected chi connectivity index (χ2v) is 9.60. The zero-order chi connectivity index (χ0) is 25.6. The van der Waals surface area contributed by atoms with Gasteiger partial charge in [0.15, 0.2) is 0 Å². The second-order valence-electron chi connectivity index (χ2n) is 9.60. The second kappa shape index (κ2) is 11.3. The molecule has 0 unspecified atom stereocenters. The number of aliphatic hydroxyl groups is 1. The zero-order valence-corrected chi connectivity index (χ0v) is 21.3. The molecule has 0 aliphatic rings. The van der Waals surface area contributed by atoms with Crippen LogP contribution in [-0.2, 0) is 11.4 Å². The average Bonchev–Trinajstić information content (AvgIpc) is 2.77. The quantitative estimate of drug-likeness (QED) is 0.230. The Bertz CT molecular complexity index is 1250. The summed E-state index contributed by atoms with van der Waals surface area (Å²) in [7, 11) is 3.96. The van der Waals surface area contributed by atoms with Crippen molar-refractivity contribution in [1.82, 2.24) is 19.4 Å². The fourth-order valence-corrected chi connectivity index (χ4v) is 3.37. The van der Waals surface area contributed by atoms with Gasteiger partial charge >= 0.3 is 0 Å². The number of anilines is 3. The van der Waals surface area contributed by atoms with E-state index in [4.69, 9.17) is 9.82 Å². The van der Waals surface area contributed by atoms with Crippen molar-refractivity contribution in [2.24, 2.45) is 5.16 Å². The Morgan fingerprint density at radius 1 is 1.23 bits per heavy atom. The van der Waals surface area contributed by atoms with Gasteiger partial charge in [-0.2, -0.15) is 0 Å². The summed E-state index contributed by atoms with van der Waals surface area (Å²) in [6.45, 7) is 9.28. The van der Waals surface area contributed by atoms with Crippen LogP contribution in [0.5, 0.6) is 0 Å². The highest BCUT2D eigenvalue weighted by atomic mass is 16.6. The summed E-state index contributed by atoms with van der Waals surface area (Å²) in [5.41, 5.74) is 1.08. The van der Waals surface area contributed by atoms with Crippen molar-refractivity contribution < 1.29 is 9.94 Å². The number of aromatic nitrogens is 3. The fraction of sp³-hybridized carbons (Fsp3) is 0.440. The van der Waals surface area contributed by atoms with Gasteiger partial charge in [-0.1, -0.05) is 5.16 Å². The molecule has 0 saturated carbocycles. The van der Waals surface area contributed by atoms with Gasteiger partial charge in [-0.3, -0.25) is 4.79 Å². The summed E-state index contributed by atoms with van der Waals surface area (Å²) in [4.78, 5) is 29.6. The van der Waals surface area contributed by atoms with E-state index in [0.29, 0.717) is 29.4 Å². The molecule has 0 amide bonds. The first-order valence-corrected chi connectivity index (χ1v) is 11.6. The monoisotopic (exact) mass is 481 g/mol. The van der Waals surface area contributed by atoms with Gasteiger partial charge in [0.25, 0.3) is 5.56 Å². The highest BCUT2D eigenvalue weighted by Gasteiger charge is 2.17. The van der Waals surface area contributed by atoms with Crippen LogP contribution < -0.4 is 16.2 Å². The molecule has 3 N–H and O–H groups in total. The number of likely N-dealkylation sites (N-methyl/N-ethyl adjacent to an activating group) is 1. The smallest absolute Gasteiger partial charge is 0.262 e. The van der Waals surface area contributed by atoms with Crippen molar-refractivity contribution in [2.45, 2.75) is 39.8 Å². The number of aliphatic hydroxyl groups excluding tert-OH is 1. The Labute approximate surface area is 205 Å². The molecule has 3 aromatic rings. The lowest BCUT2D eigenvalue weighted by molar-refractivity contribution is 0.126. The number of hydrogen-bond acceptors (Lipinski definition) is 9. The van der Waals surface area contributed by atoms with E-state index in [-0.39, 0.29) is 24.2 Å². The highest BCUT2D eigenvalue weighted by molar-refractivity contribution is 5.99. The number of oxime groups is 1. The number of nitrogens with one attached hydrogen (secondary N) is 2. The van der Waals surface area contributed by atoms with E-state index in [1.54, 1.807) is 12.4 Å². The molecule has 10 heteroatoms. The molecule has 3 heterocycles. The first kappa shape index (κ1) is 26.1. The third-order valence-electron chi connectivity index (χ3n) is 5.06. The van der Waals surface area contributed by atoms with Gasteiger partial charge < -0.3 is 30.0 Å². The van der Waals surface area contributed by atoms with Crippen molar-refractivity contribution in [3.8, 4) is 0 Å². The van der Waals surface area contributed by atoms with Crippen molar-refractivity contribution >= 4 is 33.9 Å². The van der Waals surface area contributed by atoms with Crippen LogP contribution >= 0.6 is 0 Å². The molecule has 0 aromatic carbocycles. The molecule has 35 heavy (non-hydrogen) atoms. The first-order chi connectivity index (χ1) is 16.6. The van der Waals surface area contributed by atoms with Gasteiger partial charge in [-0.25, -0.2) is 9.97 Å². The molecule has 0 bridgehead atoms. The minimum Gasteiger partial charge on any atom is -0.395 e. The molecule has 0 aliphatic heterocycles. The zero-order valence-electron chi connectivity index (χ0n) is 21.3. The van der Waals surface area contributed by atoms with Gasteiger partial charge in [0.1, 0.15) is 24.1 Å². The highest BCUT2D eigenvalue weighted by Crippen LogP contribution is 2.26. The third kappa shape index (κ3) is 7.24. The van der Waals surface area contributed by atoms with E-state index in [1.165, 1.54) is 4.57 Å². The molecule has 0 radical (unpaired) electrons. The average molecular weight is 482 g/mol. The van der Waals surface area contributed by atoms with Gasteiger partial charge in [0, 0.05) is 36.6 Å². The van der Waals surface area contributed by atoms with E-state index >= 15 is 0 Å². The molecule has 0 aliphatic carbocycles. The largest absolute Gasteiger partial charge is 0.395 e. The van der Waals surface area contributed by atoms with E-state index in [2.05, 4.69) is 20.8 Å². The van der Waals surface area contributed by atoms with Gasteiger partial charge in [-0.05, 0) is 71.4 Å². The lowest BCUT2D eigenvalue weighted by Gasteiger charge is -2.23. The lowest BCUT2D eigenvalue weighted by atomic mass is 10.1. The summed E-state index contributed by atoms with van der Waals surface area (Å²) in [5, 5.41) is 21.3. The number of rotatable bonds is 10. The van der Waals surface area contributed by atoms with E-state index in [9.17, 15) is 9.90 Å². The summed E-state index contributed by atoms with van der Waals surface area (Å²) in [6.07, 6.45) is 3.37. The summed E-state index contributed by atoms with van der Waals surface area (Å²) in [5.74, 6) is 1.61. The van der Waals surface area contributed by atoms with E-state index in [1.807, 2.05) is 71.0 Å². The lowest BCUT2D eigenvalue weighted by Crippen LogP contribution is -2.29. The Hall–Kier alpha value is -3.50. The van der Waals surface area contributed by atoms with Crippen molar-refractivity contribution in [3.05, 3.63) is 52.6 Å². The van der Waals surface area contributed by atoms with Crippen molar-refractivity contribution in [1.29, 1.82) is 0 Å². The minimum absolute atomic E-state index is 0.119. The van der Waals surface area contributed by atoms with Crippen LogP contribution in [0.4, 0.5) is 17.5 Å². The molecule has 3 rings (SSSR count). The standard InChI is InChI=1S/C25H35N7O3/c1-17(30-35-14-12-31(5)6)18-7-9-26-20(15-18)27-21-16-19-8-10-32(11-13-33)24(34)22(19)23(28-21)29-25(2,3)4/h7-10,15-16,33H,11-14H2,1-6H3,(H2,26,27,28,29). The first-order valence-electron chi connectivity index (χ1n) is 11.6. The number of hydrogen-bond donors (Lipinski definition) is 3. The van der Waals surface area contributed by atoms with Crippen LogP contribution in [0.15, 0.2) is 46.6 Å². The van der Waals surface area contributed by atoms with Crippen LogP contribution in [0.2, 0.25) is 0 Å². The molecule has 0 spiro atoms. The van der Waals surface area contributed by atoms with Crippen LogP contribution in [-0.4, -0.2) is 69.6 Å². The fourth-order valence-electron chi connectivity index (χ4n) is 3.37. The normalized spacial score (nSPS) is 12.3. The molecular formula is C25H35N7O3. The number of nitrogens with zero attached hydrogens (tertiary/aromatic N) is 5. The third-order valence-corrected chi connectivity index (χ3v) is 5.06. The Kier molecular flexibility index (Phi) is 8.42. The predicted octanol–water partition coefficient (Wildman–Crippen LogP) is 3.04. The van der Waals surface area contributed by atoms with Gasteiger partial charge in [-0.15, -0.1) is 0 Å². The van der Waals surface area contributed by atoms with E-state index in [0.717, 1.165) is 23.2 Å². The Morgan fingerprint density at radius 2 is 2.00 bits per heavy atom. The Morgan fingerprint density at radius 3 is 2.69 bits per heavy atom. The topological polar surface area (TPSA) is 117 Å². The van der Waals surface area contributed by atoms with E-state index < -0.39 is 0 Å². The molecule has 0 saturated heterocycles. The molecule has 188 valence electrons. The van der Waals surface area contributed by atoms with Gasteiger partial charge in [0.2, 0.25) is 0 Å². The van der Waals surface area contributed by atoms with Crippen molar-refractivity contribution in [2.75, 3.05) is 44.5 Å². The molecule has 0 atom stereocenters. The number of pyridine rings is 3. The molecule has 10 nitrogen and oxygen atoms in total. The summed E-state index contributed by atoms with van der Waals surface area (Å²) >= 11 is 0. The van der Waals surface area contributed by atoms with Crippen LogP contribution in [0.25, 0.3) is 10.8 Å². The molecule has 0 fully saturated rings. The van der Waals surface area contributed by atoms with Crippen LogP contribution in [0.3, 0.4) is 0 Å². The summed E-state index contributed by atoms with van der Waals surface area (Å²) < 4.78 is 1.48. The molecule has 3 aromatic heterocycles. The maximum absolute atomic E-state index is 13.1. The Balaban J connectivity index is 1.93. The van der Waals surface area contributed by atoms with Crippen molar-refractivity contribution in [3.63, 3.8) is 0 Å². The van der Waals surface area contributed by atoms with Gasteiger partial charge in [0.05, 0.1) is 17.7 Å². The maximum atomic E-state index is 13.1.